The van der Waals surface area contributed by atoms with E-state index in [-0.39, 0.29) is 48.5 Å². The summed E-state index contributed by atoms with van der Waals surface area (Å²) in [4.78, 5) is 40.4. The van der Waals surface area contributed by atoms with Gasteiger partial charge in [-0.15, -0.1) is 11.6 Å². The predicted molar refractivity (Wildman–Crippen MR) is 130 cm³/mol. The summed E-state index contributed by atoms with van der Waals surface area (Å²) in [5, 5.41) is 56.6. The number of alkyl halides is 1. The molecule has 12 heteroatoms. The van der Waals surface area contributed by atoms with Crippen LogP contribution < -0.4 is 16.0 Å². The summed E-state index contributed by atoms with van der Waals surface area (Å²) in [6.45, 7) is 0.000240. The second-order valence-electron chi connectivity index (χ2n) is 9.97. The number of carbonyl (C=O) groups excluding carboxylic acids is 3. The van der Waals surface area contributed by atoms with Crippen LogP contribution in [0.2, 0.25) is 0 Å². The number of aliphatic hydroxyl groups excluding tert-OH is 3. The van der Waals surface area contributed by atoms with Gasteiger partial charge in [0.15, 0.2) is 17.2 Å². The molecule has 0 spiro atoms. The van der Waals surface area contributed by atoms with E-state index in [0.29, 0.717) is 11.3 Å². The topological polar surface area (TPSA) is 194 Å². The minimum atomic E-state index is -2.56. The van der Waals surface area contributed by atoms with Crippen LogP contribution in [0.4, 0.5) is 11.4 Å². The standard InChI is InChI=1S/C24H30ClN3O8/c1-28(2)14-6-13(27-8-11(29)7-25)19(31)17-12(14)4-9-3-10-5-15(30)18(23(26)35)22(34)24(10,36)21(33)16(9)20(17)32/h6,9-11,15,18,27,29-31,33,36H,3-5,7-8H2,1-2H3,(H2,26,35)/t9-,10+,11?,15?,18?,24+/m1/s1. The number of Topliss-reactive ketones (excluding diaryl/α,β-unsaturated/α-hetero) is 2. The van der Waals surface area contributed by atoms with Gasteiger partial charge >= 0.3 is 0 Å². The number of nitrogens with zero attached hydrogens (tertiary/aromatic N) is 1. The Labute approximate surface area is 212 Å². The summed E-state index contributed by atoms with van der Waals surface area (Å²) < 4.78 is 0. The van der Waals surface area contributed by atoms with Crippen LogP contribution in [-0.4, -0.2) is 87.3 Å². The average Bonchev–Trinajstić information content (AvgIpc) is 2.80. The first kappa shape index (κ1) is 26.2. The number of ketones is 2. The number of benzene rings is 1. The van der Waals surface area contributed by atoms with E-state index in [4.69, 9.17) is 17.3 Å². The summed E-state index contributed by atoms with van der Waals surface area (Å²) >= 11 is 5.65. The van der Waals surface area contributed by atoms with E-state index in [2.05, 4.69) is 5.32 Å². The van der Waals surface area contributed by atoms with Gasteiger partial charge in [0.1, 0.15) is 17.4 Å². The molecule has 1 saturated carbocycles. The van der Waals surface area contributed by atoms with Crippen LogP contribution in [0.25, 0.3) is 0 Å². The number of anilines is 2. The third-order valence-corrected chi connectivity index (χ3v) is 7.91. The molecule has 0 bridgehead atoms. The summed E-state index contributed by atoms with van der Waals surface area (Å²) in [5.74, 6) is -7.64. The number of hydrogen-bond acceptors (Lipinski definition) is 10. The summed E-state index contributed by atoms with van der Waals surface area (Å²) in [6, 6.07) is 1.64. The average molecular weight is 524 g/mol. The highest BCUT2D eigenvalue weighted by Gasteiger charge is 2.62. The molecule has 4 rings (SSSR count). The number of carbonyl (C=O) groups is 3. The third kappa shape index (κ3) is 3.81. The molecule has 196 valence electrons. The Kier molecular flexibility index (Phi) is 6.71. The maximum atomic E-state index is 13.7. The molecule has 36 heavy (non-hydrogen) atoms. The Morgan fingerprint density at radius 3 is 2.56 bits per heavy atom. The lowest BCUT2D eigenvalue weighted by Gasteiger charge is -2.48. The van der Waals surface area contributed by atoms with Crippen LogP contribution >= 0.6 is 11.6 Å². The van der Waals surface area contributed by atoms with Crippen LogP contribution in [-0.2, 0) is 16.0 Å². The zero-order chi connectivity index (χ0) is 26.7. The smallest absolute Gasteiger partial charge is 0.230 e. The molecule has 0 aromatic heterocycles. The number of aromatic hydroxyl groups is 1. The van der Waals surface area contributed by atoms with Crippen LogP contribution in [0, 0.1) is 17.8 Å². The van der Waals surface area contributed by atoms with Gasteiger partial charge in [0.25, 0.3) is 0 Å². The first-order valence-corrected chi connectivity index (χ1v) is 12.1. The molecule has 11 nitrogen and oxygen atoms in total. The van der Waals surface area contributed by atoms with Crippen LogP contribution in [0.3, 0.4) is 0 Å². The Morgan fingerprint density at radius 1 is 1.31 bits per heavy atom. The van der Waals surface area contributed by atoms with E-state index < -0.39 is 64.5 Å². The molecular weight excluding hydrogens is 494 g/mol. The van der Waals surface area contributed by atoms with Gasteiger partial charge in [-0.3, -0.25) is 14.4 Å². The fourth-order valence-electron chi connectivity index (χ4n) is 5.79. The number of rotatable bonds is 6. The Balaban J connectivity index is 1.86. The fraction of sp³-hybridized carbons (Fsp3) is 0.542. The van der Waals surface area contributed by atoms with Crippen molar-refractivity contribution in [3.05, 3.63) is 28.5 Å². The van der Waals surface area contributed by atoms with Gasteiger partial charge in [0.2, 0.25) is 5.91 Å². The molecule has 8 N–H and O–H groups in total. The van der Waals surface area contributed by atoms with Gasteiger partial charge in [0.05, 0.1) is 29.3 Å². The van der Waals surface area contributed by atoms with Crippen molar-refractivity contribution in [3.8, 4) is 5.75 Å². The van der Waals surface area contributed by atoms with Gasteiger partial charge in [-0.1, -0.05) is 0 Å². The number of halogens is 1. The van der Waals surface area contributed by atoms with E-state index in [1.807, 2.05) is 0 Å². The SMILES string of the molecule is CN(C)c1cc(NCC(O)CCl)c(O)c2c1C[C@H]1C[C@H]3CC(O)C(C(N)=O)C(=O)[C@@]3(O)C(O)=C1C2=O. The molecule has 0 saturated heterocycles. The molecule has 0 radical (unpaired) electrons. The predicted octanol–water partition coefficient (Wildman–Crippen LogP) is -0.177. The molecule has 3 aliphatic rings. The lowest BCUT2D eigenvalue weighted by atomic mass is 9.58. The molecule has 1 aromatic carbocycles. The molecule has 1 aromatic rings. The number of phenols is 1. The second kappa shape index (κ2) is 9.22. The van der Waals surface area contributed by atoms with E-state index in [9.17, 15) is 39.9 Å². The third-order valence-electron chi connectivity index (χ3n) is 7.55. The van der Waals surface area contributed by atoms with Gasteiger partial charge in [-0.25, -0.2) is 0 Å². The summed E-state index contributed by atoms with van der Waals surface area (Å²) in [7, 11) is 3.52. The number of amides is 1. The molecule has 3 aliphatic carbocycles. The summed E-state index contributed by atoms with van der Waals surface area (Å²) in [5.41, 5.74) is 3.70. The molecule has 0 aliphatic heterocycles. The Bertz CT molecular complexity index is 1170. The minimum absolute atomic E-state index is 0.000240. The lowest BCUT2D eigenvalue weighted by molar-refractivity contribution is -0.167. The molecule has 6 atom stereocenters. The van der Waals surface area contributed by atoms with Crippen molar-refractivity contribution in [2.75, 3.05) is 36.7 Å². The monoisotopic (exact) mass is 523 g/mol. The zero-order valence-corrected chi connectivity index (χ0v) is 20.6. The number of hydrogen-bond donors (Lipinski definition) is 7. The van der Waals surface area contributed by atoms with Crippen molar-refractivity contribution in [3.63, 3.8) is 0 Å². The minimum Gasteiger partial charge on any atom is -0.508 e. The highest BCUT2D eigenvalue weighted by Crippen LogP contribution is 2.53. The van der Waals surface area contributed by atoms with Crippen molar-refractivity contribution in [1.82, 2.24) is 0 Å². The van der Waals surface area contributed by atoms with Crippen LogP contribution in [0.1, 0.15) is 28.8 Å². The van der Waals surface area contributed by atoms with Crippen molar-refractivity contribution in [1.29, 1.82) is 0 Å². The highest BCUT2D eigenvalue weighted by molar-refractivity contribution is 6.18. The van der Waals surface area contributed by atoms with Crippen molar-refractivity contribution in [2.24, 2.45) is 23.5 Å². The number of primary amides is 1. The molecule has 1 fully saturated rings. The second-order valence-corrected chi connectivity index (χ2v) is 10.3. The van der Waals surface area contributed by atoms with E-state index in [1.165, 1.54) is 0 Å². The van der Waals surface area contributed by atoms with Crippen molar-refractivity contribution < 1.29 is 39.9 Å². The largest absolute Gasteiger partial charge is 0.508 e. The first-order chi connectivity index (χ1) is 16.8. The van der Waals surface area contributed by atoms with Gasteiger partial charge in [-0.2, -0.15) is 0 Å². The maximum absolute atomic E-state index is 13.7. The molecule has 1 amide bonds. The molecule has 0 heterocycles. The number of nitrogens with one attached hydrogen (secondary N) is 1. The number of fused-ring (bicyclic) bond motifs is 3. The number of phenolic OH excluding ortho intramolecular Hbond substituents is 1. The normalized spacial score (nSPS) is 30.3. The molecular formula is C24H30ClN3O8. The first-order valence-electron chi connectivity index (χ1n) is 11.6. The number of aliphatic hydroxyl groups is 4. The fourth-order valence-corrected chi connectivity index (χ4v) is 5.90. The van der Waals surface area contributed by atoms with Crippen LogP contribution in [0.5, 0.6) is 5.75 Å². The number of nitrogens with two attached hydrogens (primary N) is 1. The quantitative estimate of drug-likeness (QED) is 0.149. The lowest BCUT2D eigenvalue weighted by Crippen LogP contribution is -2.63. The van der Waals surface area contributed by atoms with E-state index in [1.54, 1.807) is 25.1 Å². The Hall–Kier alpha value is -2.86. The van der Waals surface area contributed by atoms with Crippen molar-refractivity contribution in [2.45, 2.75) is 37.1 Å². The van der Waals surface area contributed by atoms with E-state index >= 15 is 0 Å². The molecule has 3 unspecified atom stereocenters. The van der Waals surface area contributed by atoms with Crippen molar-refractivity contribution >= 4 is 40.4 Å². The van der Waals surface area contributed by atoms with Gasteiger partial charge in [-0.05, 0) is 36.8 Å². The van der Waals surface area contributed by atoms with Crippen LogP contribution in [0.15, 0.2) is 17.4 Å². The zero-order valence-electron chi connectivity index (χ0n) is 19.9. The maximum Gasteiger partial charge on any atom is 0.230 e. The Morgan fingerprint density at radius 2 is 1.97 bits per heavy atom. The number of allylic oxidation sites excluding steroid dienone is 1. The summed E-state index contributed by atoms with van der Waals surface area (Å²) in [6.07, 6.45) is -2.19. The van der Waals surface area contributed by atoms with Gasteiger partial charge < -0.3 is 41.5 Å². The van der Waals surface area contributed by atoms with E-state index in [0.717, 1.165) is 0 Å². The van der Waals surface area contributed by atoms with Gasteiger partial charge in [0, 0.05) is 37.8 Å². The highest BCUT2D eigenvalue weighted by atomic mass is 35.5.